The van der Waals surface area contributed by atoms with Crippen LogP contribution in [0.3, 0.4) is 0 Å². The van der Waals surface area contributed by atoms with Gasteiger partial charge in [0.15, 0.2) is 5.11 Å². The average molecular weight is 306 g/mol. The minimum Gasteiger partial charge on any atom is -0.376 e. The van der Waals surface area contributed by atoms with Gasteiger partial charge in [-0.15, -0.1) is 0 Å². The van der Waals surface area contributed by atoms with E-state index in [1.165, 1.54) is 9.13 Å². The van der Waals surface area contributed by atoms with Crippen molar-refractivity contribution in [2.24, 2.45) is 5.73 Å². The van der Waals surface area contributed by atoms with Crippen molar-refractivity contribution >= 4 is 39.9 Å². The van der Waals surface area contributed by atoms with Crippen molar-refractivity contribution in [3.05, 3.63) is 33.4 Å². The Labute approximate surface area is 97.0 Å². The zero-order valence-electron chi connectivity index (χ0n) is 7.09. The number of benzene rings is 1. The molecule has 0 aromatic heterocycles. The molecule has 1 rings (SSSR count). The fourth-order valence-electron chi connectivity index (χ4n) is 0.981. The van der Waals surface area contributed by atoms with E-state index >= 15 is 0 Å². The van der Waals surface area contributed by atoms with Crippen LogP contribution in [0.2, 0.25) is 0 Å². The minimum absolute atomic E-state index is 0.366. The molecule has 0 amide bonds. The Morgan fingerprint density at radius 1 is 1.38 bits per heavy atom. The molecular formula is C9H11IN2S. The highest BCUT2D eigenvalue weighted by Crippen LogP contribution is 2.06. The molecule has 0 heterocycles. The van der Waals surface area contributed by atoms with Gasteiger partial charge in [0, 0.05) is 10.1 Å². The van der Waals surface area contributed by atoms with E-state index in [9.17, 15) is 0 Å². The first-order chi connectivity index (χ1) is 6.18. The topological polar surface area (TPSA) is 38.0 Å². The van der Waals surface area contributed by atoms with E-state index in [1.807, 2.05) is 0 Å². The van der Waals surface area contributed by atoms with Gasteiger partial charge in [0.1, 0.15) is 0 Å². The van der Waals surface area contributed by atoms with E-state index in [2.05, 4.69) is 52.2 Å². The Hall–Kier alpha value is -0.360. The average Bonchev–Trinajstić information content (AvgIpc) is 2.08. The van der Waals surface area contributed by atoms with Crippen LogP contribution in [0.4, 0.5) is 0 Å². The van der Waals surface area contributed by atoms with Gasteiger partial charge in [-0.2, -0.15) is 0 Å². The first kappa shape index (κ1) is 10.7. The van der Waals surface area contributed by atoms with Crippen molar-refractivity contribution in [1.82, 2.24) is 5.32 Å². The monoisotopic (exact) mass is 306 g/mol. The SMILES string of the molecule is NC(=S)NCCc1ccc(I)cc1. The van der Waals surface area contributed by atoms with Gasteiger partial charge in [-0.25, -0.2) is 0 Å². The van der Waals surface area contributed by atoms with Crippen molar-refractivity contribution in [2.75, 3.05) is 6.54 Å². The van der Waals surface area contributed by atoms with Gasteiger partial charge in [0.2, 0.25) is 0 Å². The van der Waals surface area contributed by atoms with Crippen LogP contribution in [-0.4, -0.2) is 11.7 Å². The zero-order valence-corrected chi connectivity index (χ0v) is 10.1. The third-order valence-electron chi connectivity index (χ3n) is 1.63. The van der Waals surface area contributed by atoms with E-state index in [4.69, 9.17) is 18.0 Å². The second-order valence-corrected chi connectivity index (χ2v) is 4.35. The number of nitrogens with two attached hydrogens (primary N) is 1. The molecule has 4 heteroatoms. The number of thiocarbonyl (C=S) groups is 1. The number of nitrogens with one attached hydrogen (secondary N) is 1. The van der Waals surface area contributed by atoms with Crippen LogP contribution in [0.15, 0.2) is 24.3 Å². The van der Waals surface area contributed by atoms with Crippen LogP contribution < -0.4 is 11.1 Å². The van der Waals surface area contributed by atoms with Crippen molar-refractivity contribution in [2.45, 2.75) is 6.42 Å². The first-order valence-corrected chi connectivity index (χ1v) is 5.45. The van der Waals surface area contributed by atoms with Crippen molar-refractivity contribution in [3.63, 3.8) is 0 Å². The lowest BCUT2D eigenvalue weighted by molar-refractivity contribution is 0.869. The molecule has 0 bridgehead atoms. The van der Waals surface area contributed by atoms with Gasteiger partial charge in [-0.05, 0) is 58.9 Å². The van der Waals surface area contributed by atoms with Crippen molar-refractivity contribution in [3.8, 4) is 0 Å². The molecule has 0 aliphatic rings. The quantitative estimate of drug-likeness (QED) is 0.659. The zero-order chi connectivity index (χ0) is 9.68. The minimum atomic E-state index is 0.366. The molecule has 0 saturated heterocycles. The summed E-state index contributed by atoms with van der Waals surface area (Å²) in [6.07, 6.45) is 0.953. The predicted molar refractivity (Wildman–Crippen MR) is 67.7 cm³/mol. The van der Waals surface area contributed by atoms with Crippen LogP contribution in [0.25, 0.3) is 0 Å². The van der Waals surface area contributed by atoms with Crippen LogP contribution in [-0.2, 0) is 6.42 Å². The summed E-state index contributed by atoms with van der Waals surface area (Å²) in [4.78, 5) is 0. The summed E-state index contributed by atoms with van der Waals surface area (Å²) in [6, 6.07) is 8.42. The van der Waals surface area contributed by atoms with Crippen molar-refractivity contribution < 1.29 is 0 Å². The lowest BCUT2D eigenvalue weighted by atomic mass is 10.1. The Morgan fingerprint density at radius 2 is 2.00 bits per heavy atom. The highest BCUT2D eigenvalue weighted by atomic mass is 127. The standard InChI is InChI=1S/C9H11IN2S/c10-8-3-1-7(2-4-8)5-6-12-9(11)13/h1-4H,5-6H2,(H3,11,12,13). The molecular weight excluding hydrogens is 295 g/mol. The first-order valence-electron chi connectivity index (χ1n) is 3.96. The van der Waals surface area contributed by atoms with Crippen LogP contribution in [0.5, 0.6) is 0 Å². The normalized spacial score (nSPS) is 9.62. The van der Waals surface area contributed by atoms with Crippen LogP contribution >= 0.6 is 34.8 Å². The molecule has 70 valence electrons. The Bertz CT molecular complexity index is 284. The molecule has 1 aromatic rings. The van der Waals surface area contributed by atoms with Gasteiger partial charge in [-0.1, -0.05) is 12.1 Å². The summed E-state index contributed by atoms with van der Waals surface area (Å²) in [6.45, 7) is 0.802. The largest absolute Gasteiger partial charge is 0.376 e. The molecule has 0 spiro atoms. The molecule has 0 atom stereocenters. The lowest BCUT2D eigenvalue weighted by Gasteiger charge is -2.03. The summed E-state index contributed by atoms with van der Waals surface area (Å²) in [7, 11) is 0. The van der Waals surface area contributed by atoms with E-state index in [0.717, 1.165) is 13.0 Å². The molecule has 0 saturated carbocycles. The third-order valence-corrected chi connectivity index (χ3v) is 2.49. The van der Waals surface area contributed by atoms with E-state index in [1.54, 1.807) is 0 Å². The molecule has 1 aromatic carbocycles. The summed E-state index contributed by atoms with van der Waals surface area (Å²) in [5.41, 5.74) is 6.60. The molecule has 2 nitrogen and oxygen atoms in total. The Balaban J connectivity index is 2.37. The second-order valence-electron chi connectivity index (χ2n) is 2.67. The summed E-state index contributed by atoms with van der Waals surface area (Å²) in [5, 5.41) is 3.28. The molecule has 0 fully saturated rings. The van der Waals surface area contributed by atoms with E-state index < -0.39 is 0 Å². The van der Waals surface area contributed by atoms with E-state index in [0.29, 0.717) is 5.11 Å². The smallest absolute Gasteiger partial charge is 0.163 e. The van der Waals surface area contributed by atoms with Gasteiger partial charge in [0.05, 0.1) is 0 Å². The number of rotatable bonds is 3. The highest BCUT2D eigenvalue weighted by Gasteiger charge is 1.92. The maximum Gasteiger partial charge on any atom is 0.163 e. The van der Waals surface area contributed by atoms with Gasteiger partial charge >= 0.3 is 0 Å². The molecule has 0 unspecified atom stereocenters. The Morgan fingerprint density at radius 3 is 2.54 bits per heavy atom. The van der Waals surface area contributed by atoms with Gasteiger partial charge in [-0.3, -0.25) is 0 Å². The number of hydrogen-bond acceptors (Lipinski definition) is 1. The molecule has 3 N–H and O–H groups in total. The number of hydrogen-bond donors (Lipinski definition) is 2. The summed E-state index contributed by atoms with van der Waals surface area (Å²) < 4.78 is 1.25. The molecule has 0 radical (unpaired) electrons. The molecule has 0 aliphatic carbocycles. The predicted octanol–water partition coefficient (Wildman–Crippen LogP) is 1.67. The van der Waals surface area contributed by atoms with Crippen molar-refractivity contribution in [1.29, 1.82) is 0 Å². The highest BCUT2D eigenvalue weighted by molar-refractivity contribution is 14.1. The third kappa shape index (κ3) is 4.42. The van der Waals surface area contributed by atoms with Crippen LogP contribution in [0.1, 0.15) is 5.56 Å². The van der Waals surface area contributed by atoms with E-state index in [-0.39, 0.29) is 0 Å². The second kappa shape index (κ2) is 5.39. The summed E-state index contributed by atoms with van der Waals surface area (Å²) in [5.74, 6) is 0. The van der Waals surface area contributed by atoms with Gasteiger partial charge < -0.3 is 11.1 Å². The molecule has 0 aliphatic heterocycles. The fourth-order valence-corrected chi connectivity index (χ4v) is 1.44. The van der Waals surface area contributed by atoms with Crippen LogP contribution in [0, 0.1) is 3.57 Å². The fraction of sp³-hybridized carbons (Fsp3) is 0.222. The van der Waals surface area contributed by atoms with Gasteiger partial charge in [0.25, 0.3) is 0 Å². The maximum absolute atomic E-state index is 5.30. The number of halogens is 1. The summed E-state index contributed by atoms with van der Waals surface area (Å²) >= 11 is 6.99. The maximum atomic E-state index is 5.30. The Kier molecular flexibility index (Phi) is 4.44. The molecule has 13 heavy (non-hydrogen) atoms. The lowest BCUT2D eigenvalue weighted by Crippen LogP contribution is -2.30.